The maximum Gasteiger partial charge on any atom is 0.231 e. The van der Waals surface area contributed by atoms with Crippen molar-refractivity contribution in [1.82, 2.24) is 15.0 Å². The molecule has 0 amide bonds. The van der Waals surface area contributed by atoms with Crippen molar-refractivity contribution < 1.29 is 0 Å². The Bertz CT molecular complexity index is 375. The van der Waals surface area contributed by atoms with Crippen molar-refractivity contribution in [3.05, 3.63) is 0 Å². The van der Waals surface area contributed by atoms with Crippen LogP contribution in [-0.2, 0) is 0 Å². The van der Waals surface area contributed by atoms with Crippen LogP contribution in [0.3, 0.4) is 0 Å². The van der Waals surface area contributed by atoms with E-state index in [0.717, 1.165) is 32.0 Å². The van der Waals surface area contributed by atoms with E-state index in [2.05, 4.69) is 65.1 Å². The molecule has 0 aliphatic carbocycles. The van der Waals surface area contributed by atoms with Crippen LogP contribution in [-0.4, -0.2) is 40.6 Å². The third kappa shape index (κ3) is 4.89. The minimum absolute atomic E-state index is 0.297. The number of nitrogens with zero attached hydrogens (tertiary/aromatic N) is 4. The number of aromatic nitrogens is 3. The van der Waals surface area contributed by atoms with Crippen LogP contribution in [0.2, 0.25) is 0 Å². The number of nitrogens with one attached hydrogen (secondary N) is 2. The maximum atomic E-state index is 4.48. The van der Waals surface area contributed by atoms with E-state index in [-0.39, 0.29) is 0 Å². The van der Waals surface area contributed by atoms with Crippen LogP contribution >= 0.6 is 0 Å². The van der Waals surface area contributed by atoms with Crippen LogP contribution in [0.4, 0.5) is 17.8 Å². The van der Waals surface area contributed by atoms with Crippen molar-refractivity contribution >= 4 is 17.8 Å². The second-order valence-electron chi connectivity index (χ2n) is 4.68. The van der Waals surface area contributed by atoms with Gasteiger partial charge in [-0.3, -0.25) is 0 Å². The predicted octanol–water partition coefficient (Wildman–Crippen LogP) is 2.36. The van der Waals surface area contributed by atoms with Gasteiger partial charge in [-0.1, -0.05) is 6.92 Å². The minimum Gasteiger partial charge on any atom is -0.354 e. The molecule has 0 unspecified atom stereocenters. The van der Waals surface area contributed by atoms with Gasteiger partial charge < -0.3 is 15.5 Å². The molecule has 0 spiro atoms. The summed E-state index contributed by atoms with van der Waals surface area (Å²) < 4.78 is 0. The fourth-order valence-corrected chi connectivity index (χ4v) is 1.65. The Morgan fingerprint density at radius 2 is 1.63 bits per heavy atom. The SMILES string of the molecule is CCCNc1nc(NC(C)C)nc(N(CC)CC)n1. The Balaban J connectivity index is 3.00. The van der Waals surface area contributed by atoms with Crippen molar-refractivity contribution in [3.63, 3.8) is 0 Å². The van der Waals surface area contributed by atoms with Gasteiger partial charge in [-0.25, -0.2) is 0 Å². The lowest BCUT2D eigenvalue weighted by Gasteiger charge is -2.20. The number of hydrogen-bond acceptors (Lipinski definition) is 6. The molecule has 0 atom stereocenters. The normalized spacial score (nSPS) is 10.6. The first-order chi connectivity index (χ1) is 9.10. The molecule has 19 heavy (non-hydrogen) atoms. The minimum atomic E-state index is 0.297. The molecule has 6 heteroatoms. The average molecular weight is 266 g/mol. The molecule has 0 saturated carbocycles. The largest absolute Gasteiger partial charge is 0.354 e. The third-order valence-corrected chi connectivity index (χ3v) is 2.62. The van der Waals surface area contributed by atoms with Crippen molar-refractivity contribution in [2.75, 3.05) is 35.2 Å². The van der Waals surface area contributed by atoms with E-state index in [1.165, 1.54) is 0 Å². The Morgan fingerprint density at radius 3 is 2.16 bits per heavy atom. The molecule has 6 nitrogen and oxygen atoms in total. The highest BCUT2D eigenvalue weighted by Gasteiger charge is 2.11. The standard InChI is InChI=1S/C13H26N6/c1-6-9-14-11-16-12(15-10(4)5)18-13(17-11)19(7-2)8-3/h10H,6-9H2,1-5H3,(H2,14,15,16,17,18). The van der Waals surface area contributed by atoms with Gasteiger partial charge in [0, 0.05) is 25.7 Å². The number of anilines is 3. The summed E-state index contributed by atoms with van der Waals surface area (Å²) in [5.74, 6) is 1.99. The highest BCUT2D eigenvalue weighted by atomic mass is 15.3. The van der Waals surface area contributed by atoms with Crippen LogP contribution in [0, 0.1) is 0 Å². The van der Waals surface area contributed by atoms with Crippen molar-refractivity contribution in [3.8, 4) is 0 Å². The van der Waals surface area contributed by atoms with Gasteiger partial charge in [-0.05, 0) is 34.1 Å². The molecular weight excluding hydrogens is 240 g/mol. The van der Waals surface area contributed by atoms with E-state index in [9.17, 15) is 0 Å². The van der Waals surface area contributed by atoms with Gasteiger partial charge in [0.1, 0.15) is 0 Å². The second kappa shape index (κ2) is 7.76. The number of rotatable bonds is 8. The molecule has 0 aliphatic rings. The summed E-state index contributed by atoms with van der Waals surface area (Å²) in [6.07, 6.45) is 1.04. The van der Waals surface area contributed by atoms with E-state index in [1.54, 1.807) is 0 Å². The second-order valence-corrected chi connectivity index (χ2v) is 4.68. The summed E-state index contributed by atoms with van der Waals surface area (Å²) in [5.41, 5.74) is 0. The van der Waals surface area contributed by atoms with E-state index in [0.29, 0.717) is 17.9 Å². The maximum absolute atomic E-state index is 4.48. The molecule has 0 radical (unpaired) electrons. The Labute approximate surface area is 116 Å². The Morgan fingerprint density at radius 1 is 1.00 bits per heavy atom. The molecule has 0 aliphatic heterocycles. The van der Waals surface area contributed by atoms with Gasteiger partial charge in [0.25, 0.3) is 0 Å². The first-order valence-electron chi connectivity index (χ1n) is 7.12. The van der Waals surface area contributed by atoms with Gasteiger partial charge in [0.2, 0.25) is 17.8 Å². The van der Waals surface area contributed by atoms with Gasteiger partial charge in [-0.15, -0.1) is 0 Å². The molecule has 0 aromatic carbocycles. The molecule has 2 N–H and O–H groups in total. The predicted molar refractivity (Wildman–Crippen MR) is 80.9 cm³/mol. The monoisotopic (exact) mass is 266 g/mol. The Kier molecular flexibility index (Phi) is 6.32. The summed E-state index contributed by atoms with van der Waals surface area (Å²) in [6, 6.07) is 0.297. The van der Waals surface area contributed by atoms with Crippen molar-refractivity contribution in [2.24, 2.45) is 0 Å². The van der Waals surface area contributed by atoms with Gasteiger partial charge >= 0.3 is 0 Å². The first-order valence-corrected chi connectivity index (χ1v) is 7.12. The van der Waals surface area contributed by atoms with E-state index in [4.69, 9.17) is 0 Å². The lowest BCUT2D eigenvalue weighted by atomic mass is 10.4. The fourth-order valence-electron chi connectivity index (χ4n) is 1.65. The summed E-state index contributed by atoms with van der Waals surface area (Å²) >= 11 is 0. The highest BCUT2D eigenvalue weighted by Crippen LogP contribution is 2.14. The van der Waals surface area contributed by atoms with Crippen LogP contribution < -0.4 is 15.5 Å². The quantitative estimate of drug-likeness (QED) is 0.753. The molecule has 0 bridgehead atoms. The zero-order valence-corrected chi connectivity index (χ0v) is 12.7. The fraction of sp³-hybridized carbons (Fsp3) is 0.769. The number of hydrogen-bond donors (Lipinski definition) is 2. The third-order valence-electron chi connectivity index (χ3n) is 2.62. The smallest absolute Gasteiger partial charge is 0.231 e. The van der Waals surface area contributed by atoms with Crippen LogP contribution in [0.25, 0.3) is 0 Å². The molecule has 1 heterocycles. The Hall–Kier alpha value is -1.59. The van der Waals surface area contributed by atoms with E-state index >= 15 is 0 Å². The van der Waals surface area contributed by atoms with Crippen molar-refractivity contribution in [1.29, 1.82) is 0 Å². The van der Waals surface area contributed by atoms with Crippen LogP contribution in [0.5, 0.6) is 0 Å². The molecular formula is C13H26N6. The summed E-state index contributed by atoms with van der Waals surface area (Å²) in [6.45, 7) is 13.1. The summed E-state index contributed by atoms with van der Waals surface area (Å²) in [7, 11) is 0. The van der Waals surface area contributed by atoms with Crippen LogP contribution in [0.15, 0.2) is 0 Å². The zero-order valence-electron chi connectivity index (χ0n) is 12.7. The van der Waals surface area contributed by atoms with Crippen LogP contribution in [0.1, 0.15) is 41.0 Å². The van der Waals surface area contributed by atoms with Crippen molar-refractivity contribution in [2.45, 2.75) is 47.1 Å². The topological polar surface area (TPSA) is 66.0 Å². The van der Waals surface area contributed by atoms with Gasteiger partial charge in [0.05, 0.1) is 0 Å². The molecule has 1 aromatic rings. The molecule has 1 aromatic heterocycles. The molecule has 1 rings (SSSR count). The lowest BCUT2D eigenvalue weighted by molar-refractivity contribution is 0.800. The zero-order chi connectivity index (χ0) is 14.3. The van der Waals surface area contributed by atoms with E-state index in [1.807, 2.05) is 0 Å². The molecule has 108 valence electrons. The molecule has 0 fully saturated rings. The van der Waals surface area contributed by atoms with E-state index < -0.39 is 0 Å². The van der Waals surface area contributed by atoms with Gasteiger partial charge in [-0.2, -0.15) is 15.0 Å². The summed E-state index contributed by atoms with van der Waals surface area (Å²) in [4.78, 5) is 15.5. The average Bonchev–Trinajstić information content (AvgIpc) is 2.37. The van der Waals surface area contributed by atoms with Gasteiger partial charge in [0.15, 0.2) is 0 Å². The summed E-state index contributed by atoms with van der Waals surface area (Å²) in [5, 5.41) is 6.46. The molecule has 0 saturated heterocycles. The lowest BCUT2D eigenvalue weighted by Crippen LogP contribution is -2.26. The first kappa shape index (κ1) is 15.5. The highest BCUT2D eigenvalue weighted by molar-refractivity contribution is 5.43.